The first-order valence-corrected chi connectivity index (χ1v) is 17.9. The Bertz CT molecular complexity index is 1870. The maximum absolute atomic E-state index is 13.8. The molecule has 0 fully saturated rings. The van der Waals surface area contributed by atoms with Gasteiger partial charge in [-0.1, -0.05) is 102 Å². The lowest BCUT2D eigenvalue weighted by Gasteiger charge is -2.21. The molecule has 0 saturated carbocycles. The highest BCUT2D eigenvalue weighted by atomic mass is 32.2. The van der Waals surface area contributed by atoms with Gasteiger partial charge in [-0.3, -0.25) is 0 Å². The molecule has 15 heteroatoms. The van der Waals surface area contributed by atoms with Gasteiger partial charge in [-0.15, -0.1) is 14.5 Å². The zero-order valence-electron chi connectivity index (χ0n) is 25.0. The van der Waals surface area contributed by atoms with Crippen molar-refractivity contribution >= 4 is 36.5 Å². The number of hydrogen-bond donors (Lipinski definition) is 0. The highest BCUT2D eigenvalue weighted by Gasteiger charge is 2.34. The number of nitrogens with zero attached hydrogens (tertiary/aromatic N) is 4. The summed E-state index contributed by atoms with van der Waals surface area (Å²) in [5, 5.41) is 7.52. The average molecular weight is 699 g/mol. The molecule has 0 aliphatic carbocycles. The Morgan fingerprint density at radius 1 is 0.574 bits per heavy atom. The summed E-state index contributed by atoms with van der Waals surface area (Å²) in [4.78, 5) is -0.243. The minimum absolute atomic E-state index is 0.0610. The van der Waals surface area contributed by atoms with Crippen molar-refractivity contribution in [3.63, 3.8) is 0 Å². The molecule has 246 valence electrons. The molecule has 11 nitrogen and oxygen atoms in total. The quantitative estimate of drug-likeness (QED) is 0.118. The third kappa shape index (κ3) is 9.26. The Morgan fingerprint density at radius 3 is 1.49 bits per heavy atom. The fraction of sp³-hybridized carbons (Fsp3) is 0.188. The number of rotatable bonds is 17. The van der Waals surface area contributed by atoms with Crippen LogP contribution in [0.4, 0.5) is 9.52 Å². The van der Waals surface area contributed by atoms with E-state index < -0.39 is 36.9 Å². The third-order valence-electron chi connectivity index (χ3n) is 6.59. The zero-order chi connectivity index (χ0) is 33.1. The molecule has 4 aromatic carbocycles. The molecule has 0 aliphatic heterocycles. The van der Waals surface area contributed by atoms with Gasteiger partial charge in [0.1, 0.15) is 26.0 Å². The topological polar surface area (TPSA) is 128 Å². The molecule has 0 spiro atoms. The molecular formula is C32H31FN4O7S3. The van der Waals surface area contributed by atoms with Crippen LogP contribution in [0.2, 0.25) is 0 Å². The third-order valence-corrected chi connectivity index (χ3v) is 11.5. The van der Waals surface area contributed by atoms with Gasteiger partial charge < -0.3 is 14.2 Å². The molecule has 0 bridgehead atoms. The molecule has 0 saturated heterocycles. The summed E-state index contributed by atoms with van der Waals surface area (Å²) >= 11 is 0.537. The van der Waals surface area contributed by atoms with Crippen LogP contribution in [0.15, 0.2) is 124 Å². The Morgan fingerprint density at radius 2 is 1.02 bits per heavy atom. The van der Waals surface area contributed by atoms with Crippen LogP contribution >= 0.6 is 11.3 Å². The van der Waals surface area contributed by atoms with Crippen molar-refractivity contribution < 1.29 is 35.4 Å². The minimum atomic E-state index is -4.39. The Labute approximate surface area is 276 Å². The zero-order valence-corrected chi connectivity index (χ0v) is 27.4. The largest absolute Gasteiger partial charge is 0.360 e. The lowest BCUT2D eigenvalue weighted by molar-refractivity contribution is -0.0106. The summed E-state index contributed by atoms with van der Waals surface area (Å²) in [5.74, 6) is -0.621. The second kappa shape index (κ2) is 16.1. The van der Waals surface area contributed by atoms with E-state index in [-0.39, 0.29) is 43.3 Å². The van der Waals surface area contributed by atoms with Crippen LogP contribution in [0.1, 0.15) is 16.7 Å². The molecule has 0 atom stereocenters. The van der Waals surface area contributed by atoms with Gasteiger partial charge in [-0.05, 0) is 41.0 Å². The standard InChI is InChI=1S/C32H31FN4O7S3/c33-29-16-18-30(19-17-29)46(38,39)37(25-44-22-28-14-8-3-9-15-28)31-34-35-32(45-31)47(40,41)36(23-42-20-26-10-4-1-5-11-26)24-43-21-27-12-6-2-7-13-27/h1-19H,20-25H2. The first kappa shape index (κ1) is 34.3. The Balaban J connectivity index is 1.38. The number of benzene rings is 4. The van der Waals surface area contributed by atoms with Crippen molar-refractivity contribution in [2.24, 2.45) is 0 Å². The van der Waals surface area contributed by atoms with Gasteiger partial charge >= 0.3 is 0 Å². The Kier molecular flexibility index (Phi) is 11.8. The minimum Gasteiger partial charge on any atom is -0.360 e. The highest BCUT2D eigenvalue weighted by molar-refractivity contribution is 7.93. The second-order valence-corrected chi connectivity index (χ2v) is 14.9. The first-order chi connectivity index (χ1) is 22.7. The summed E-state index contributed by atoms with van der Waals surface area (Å²) < 4.78 is 87.1. The van der Waals surface area contributed by atoms with Gasteiger partial charge in [-0.2, -0.15) is 0 Å². The van der Waals surface area contributed by atoms with E-state index in [2.05, 4.69) is 10.2 Å². The molecule has 0 amide bonds. The monoisotopic (exact) mass is 698 g/mol. The van der Waals surface area contributed by atoms with E-state index in [1.807, 2.05) is 91.0 Å². The summed E-state index contributed by atoms with van der Waals surface area (Å²) in [6, 6.07) is 31.8. The summed E-state index contributed by atoms with van der Waals surface area (Å²) in [6.07, 6.45) is 0. The molecule has 0 N–H and O–H groups in total. The van der Waals surface area contributed by atoms with E-state index in [1.54, 1.807) is 0 Å². The molecule has 0 aliphatic rings. The van der Waals surface area contributed by atoms with Crippen LogP contribution in [-0.4, -0.2) is 51.5 Å². The fourth-order valence-corrected chi connectivity index (χ4v) is 7.98. The van der Waals surface area contributed by atoms with E-state index in [1.165, 1.54) is 0 Å². The first-order valence-electron chi connectivity index (χ1n) is 14.2. The molecular weight excluding hydrogens is 668 g/mol. The predicted molar refractivity (Wildman–Crippen MR) is 173 cm³/mol. The molecule has 47 heavy (non-hydrogen) atoms. The molecule has 1 aromatic heterocycles. The van der Waals surface area contributed by atoms with E-state index in [9.17, 15) is 21.2 Å². The van der Waals surface area contributed by atoms with Crippen LogP contribution in [-0.2, 0) is 54.1 Å². The molecule has 0 unspecified atom stereocenters. The molecule has 1 heterocycles. The smallest absolute Gasteiger partial charge is 0.276 e. The van der Waals surface area contributed by atoms with Crippen LogP contribution in [0, 0.1) is 5.82 Å². The van der Waals surface area contributed by atoms with Crippen molar-refractivity contribution in [1.29, 1.82) is 0 Å². The van der Waals surface area contributed by atoms with Gasteiger partial charge in [-0.25, -0.2) is 25.5 Å². The van der Waals surface area contributed by atoms with Crippen LogP contribution in [0.3, 0.4) is 0 Å². The lowest BCUT2D eigenvalue weighted by atomic mass is 10.2. The van der Waals surface area contributed by atoms with Crippen molar-refractivity contribution in [2.45, 2.75) is 29.1 Å². The summed E-state index contributed by atoms with van der Waals surface area (Å²) in [7, 11) is -8.76. The van der Waals surface area contributed by atoms with Crippen molar-refractivity contribution in [3.8, 4) is 0 Å². The average Bonchev–Trinajstić information content (AvgIpc) is 3.58. The van der Waals surface area contributed by atoms with Gasteiger partial charge in [0.2, 0.25) is 9.47 Å². The Hall–Kier alpha value is -4.09. The number of ether oxygens (including phenoxy) is 3. The van der Waals surface area contributed by atoms with E-state index >= 15 is 0 Å². The summed E-state index contributed by atoms with van der Waals surface area (Å²) in [6.45, 7) is -0.943. The highest BCUT2D eigenvalue weighted by Crippen LogP contribution is 2.30. The van der Waals surface area contributed by atoms with E-state index in [4.69, 9.17) is 14.2 Å². The number of aromatic nitrogens is 2. The van der Waals surface area contributed by atoms with Gasteiger partial charge in [0.25, 0.3) is 20.0 Å². The van der Waals surface area contributed by atoms with Crippen molar-refractivity contribution in [3.05, 3.63) is 138 Å². The predicted octanol–water partition coefficient (Wildman–Crippen LogP) is 5.39. The van der Waals surface area contributed by atoms with Gasteiger partial charge in [0.15, 0.2) is 0 Å². The number of sulfonamides is 2. The van der Waals surface area contributed by atoms with Gasteiger partial charge in [0, 0.05) is 0 Å². The molecule has 5 rings (SSSR count). The molecule has 0 radical (unpaired) electrons. The number of hydrogen-bond acceptors (Lipinski definition) is 10. The fourth-order valence-electron chi connectivity index (χ4n) is 4.15. The van der Waals surface area contributed by atoms with Gasteiger partial charge in [0.05, 0.1) is 24.7 Å². The second-order valence-electron chi connectivity index (χ2n) is 10.0. The van der Waals surface area contributed by atoms with Crippen LogP contribution in [0.25, 0.3) is 0 Å². The maximum Gasteiger partial charge on any atom is 0.276 e. The normalized spacial score (nSPS) is 12.0. The SMILES string of the molecule is O=S(=O)(c1nnc(N(COCc2ccccc2)S(=O)(=O)c2ccc(F)cc2)s1)N(COCc1ccccc1)COCc1ccccc1. The molecule has 5 aromatic rings. The van der Waals surface area contributed by atoms with Crippen molar-refractivity contribution in [2.75, 3.05) is 24.5 Å². The van der Waals surface area contributed by atoms with Crippen LogP contribution in [0.5, 0.6) is 0 Å². The number of anilines is 1. The van der Waals surface area contributed by atoms with E-state index in [0.29, 0.717) is 11.3 Å². The summed E-state index contributed by atoms with van der Waals surface area (Å²) in [5.41, 5.74) is 2.46. The lowest BCUT2D eigenvalue weighted by Crippen LogP contribution is -2.35. The van der Waals surface area contributed by atoms with Crippen LogP contribution < -0.4 is 4.31 Å². The maximum atomic E-state index is 13.8. The number of halogens is 1. The van der Waals surface area contributed by atoms with E-state index in [0.717, 1.165) is 49.6 Å². The van der Waals surface area contributed by atoms with Crippen molar-refractivity contribution in [1.82, 2.24) is 14.5 Å².